The van der Waals surface area contributed by atoms with Crippen LogP contribution in [0.4, 0.5) is 10.1 Å². The van der Waals surface area contributed by atoms with Crippen LogP contribution >= 0.6 is 23.2 Å². The first kappa shape index (κ1) is 17.4. The number of carbonyl (C=O) groups excluding carboxylic acids is 1. The predicted molar refractivity (Wildman–Crippen MR) is 93.1 cm³/mol. The Hall–Kier alpha value is -2.44. The molecule has 5 nitrogen and oxygen atoms in total. The van der Waals surface area contributed by atoms with Gasteiger partial charge < -0.3 is 9.84 Å². The summed E-state index contributed by atoms with van der Waals surface area (Å²) >= 11 is 11.8. The highest BCUT2D eigenvalue weighted by Gasteiger charge is 2.13. The van der Waals surface area contributed by atoms with Gasteiger partial charge in [-0.05, 0) is 30.3 Å². The lowest BCUT2D eigenvalue weighted by atomic mass is 10.2. The van der Waals surface area contributed by atoms with Crippen LogP contribution in [-0.4, -0.2) is 16.0 Å². The van der Waals surface area contributed by atoms with Crippen molar-refractivity contribution in [3.05, 3.63) is 64.2 Å². The van der Waals surface area contributed by atoms with E-state index in [-0.39, 0.29) is 23.8 Å². The number of hydrogen-bond acceptors (Lipinski definition) is 4. The molecule has 2 aromatic carbocycles. The van der Waals surface area contributed by atoms with Crippen LogP contribution in [0.5, 0.6) is 0 Å². The summed E-state index contributed by atoms with van der Waals surface area (Å²) in [6.07, 6.45) is 0.386. The zero-order valence-corrected chi connectivity index (χ0v) is 14.3. The van der Waals surface area contributed by atoms with E-state index in [1.807, 2.05) is 6.07 Å². The fraction of sp³-hybridized carbons (Fsp3) is 0.118. The summed E-state index contributed by atoms with van der Waals surface area (Å²) in [5.41, 5.74) is 1.07. The summed E-state index contributed by atoms with van der Waals surface area (Å²) in [5.74, 6) is -0.133. The van der Waals surface area contributed by atoms with Crippen molar-refractivity contribution < 1.29 is 13.7 Å². The normalized spacial score (nSPS) is 10.7. The molecule has 3 rings (SSSR count). The number of aryl methyl sites for hydroxylation is 1. The van der Waals surface area contributed by atoms with Gasteiger partial charge in [0.15, 0.2) is 0 Å². The number of carbonyl (C=O) groups is 1. The van der Waals surface area contributed by atoms with Gasteiger partial charge in [-0.25, -0.2) is 4.39 Å². The van der Waals surface area contributed by atoms with Crippen molar-refractivity contribution >= 4 is 34.8 Å². The highest BCUT2D eigenvalue weighted by Crippen LogP contribution is 2.25. The second kappa shape index (κ2) is 7.63. The van der Waals surface area contributed by atoms with E-state index in [2.05, 4.69) is 15.5 Å². The maximum Gasteiger partial charge on any atom is 0.227 e. The molecule has 0 aliphatic heterocycles. The highest BCUT2D eigenvalue weighted by atomic mass is 35.5. The number of anilines is 1. The lowest BCUT2D eigenvalue weighted by molar-refractivity contribution is -0.116. The Morgan fingerprint density at radius 3 is 2.72 bits per heavy atom. The van der Waals surface area contributed by atoms with Crippen molar-refractivity contribution in [1.29, 1.82) is 0 Å². The largest absolute Gasteiger partial charge is 0.339 e. The first-order valence-corrected chi connectivity index (χ1v) is 8.11. The van der Waals surface area contributed by atoms with Crippen molar-refractivity contribution in [3.8, 4) is 11.4 Å². The van der Waals surface area contributed by atoms with Crippen molar-refractivity contribution in [2.24, 2.45) is 0 Å². The van der Waals surface area contributed by atoms with E-state index in [1.165, 1.54) is 18.2 Å². The summed E-state index contributed by atoms with van der Waals surface area (Å²) in [5, 5.41) is 6.95. The molecule has 8 heteroatoms. The number of nitrogens with one attached hydrogen (secondary N) is 1. The topological polar surface area (TPSA) is 68.0 Å². The fourth-order valence-electron chi connectivity index (χ4n) is 2.13. The minimum Gasteiger partial charge on any atom is -0.339 e. The Morgan fingerprint density at radius 1 is 1.16 bits per heavy atom. The number of hydrogen-bond donors (Lipinski definition) is 1. The second-order valence-corrected chi connectivity index (χ2v) is 5.98. The SMILES string of the molecule is O=C(CCc1nc(-c2ccccc2Cl)no1)Nc1ccc(F)c(Cl)c1. The lowest BCUT2D eigenvalue weighted by Crippen LogP contribution is -2.12. The van der Waals surface area contributed by atoms with Crippen LogP contribution in [0, 0.1) is 5.82 Å². The molecule has 1 heterocycles. The molecule has 0 atom stereocenters. The molecule has 0 radical (unpaired) electrons. The van der Waals surface area contributed by atoms with Gasteiger partial charge in [0.2, 0.25) is 17.6 Å². The van der Waals surface area contributed by atoms with Crippen molar-refractivity contribution in [2.75, 3.05) is 5.32 Å². The minimum absolute atomic E-state index is 0.0564. The molecule has 128 valence electrons. The molecule has 3 aromatic rings. The van der Waals surface area contributed by atoms with E-state index in [0.717, 1.165) is 0 Å². The minimum atomic E-state index is -0.544. The Bertz CT molecular complexity index is 914. The van der Waals surface area contributed by atoms with E-state index in [9.17, 15) is 9.18 Å². The van der Waals surface area contributed by atoms with Crippen molar-refractivity contribution in [2.45, 2.75) is 12.8 Å². The standard InChI is InChI=1S/C17H12Cl2FN3O2/c18-12-4-2-1-3-11(12)17-22-16(25-23-17)8-7-15(24)21-10-5-6-14(20)13(19)9-10/h1-6,9H,7-8H2,(H,21,24). The molecule has 1 amide bonds. The quantitative estimate of drug-likeness (QED) is 0.694. The number of rotatable bonds is 5. The van der Waals surface area contributed by atoms with Gasteiger partial charge in [0.25, 0.3) is 0 Å². The Labute approximate surface area is 152 Å². The molecule has 0 unspecified atom stereocenters. The maximum atomic E-state index is 13.1. The summed E-state index contributed by atoms with van der Waals surface area (Å²) in [4.78, 5) is 16.2. The first-order valence-electron chi connectivity index (χ1n) is 7.35. The summed E-state index contributed by atoms with van der Waals surface area (Å²) in [6, 6.07) is 11.1. The molecule has 25 heavy (non-hydrogen) atoms. The molecular formula is C17H12Cl2FN3O2. The summed E-state index contributed by atoms with van der Waals surface area (Å²) in [6.45, 7) is 0. The lowest BCUT2D eigenvalue weighted by Gasteiger charge is -2.04. The summed E-state index contributed by atoms with van der Waals surface area (Å²) < 4.78 is 18.2. The molecule has 0 bridgehead atoms. The molecular weight excluding hydrogens is 368 g/mol. The molecule has 0 aliphatic carbocycles. The molecule has 1 aromatic heterocycles. The average Bonchev–Trinajstić information content (AvgIpc) is 3.05. The molecule has 0 fully saturated rings. The van der Waals surface area contributed by atoms with E-state index in [1.54, 1.807) is 18.2 Å². The second-order valence-electron chi connectivity index (χ2n) is 5.17. The van der Waals surface area contributed by atoms with Crippen molar-refractivity contribution in [3.63, 3.8) is 0 Å². The number of halogens is 3. The molecule has 0 aliphatic rings. The van der Waals surface area contributed by atoms with Gasteiger partial charge in [-0.3, -0.25) is 4.79 Å². The summed E-state index contributed by atoms with van der Waals surface area (Å²) in [7, 11) is 0. The van der Waals surface area contributed by atoms with E-state index < -0.39 is 5.82 Å². The van der Waals surface area contributed by atoms with Crippen LogP contribution in [0.2, 0.25) is 10.0 Å². The van der Waals surface area contributed by atoms with E-state index >= 15 is 0 Å². The van der Waals surface area contributed by atoms with Crippen LogP contribution in [0.1, 0.15) is 12.3 Å². The van der Waals surface area contributed by atoms with Crippen molar-refractivity contribution in [1.82, 2.24) is 10.1 Å². The average molecular weight is 380 g/mol. The Morgan fingerprint density at radius 2 is 1.96 bits per heavy atom. The monoisotopic (exact) mass is 379 g/mol. The Kier molecular flexibility index (Phi) is 5.31. The van der Waals surface area contributed by atoms with Gasteiger partial charge >= 0.3 is 0 Å². The van der Waals surface area contributed by atoms with Crippen LogP contribution < -0.4 is 5.32 Å². The Balaban J connectivity index is 1.59. The van der Waals surface area contributed by atoms with Crippen LogP contribution in [-0.2, 0) is 11.2 Å². The number of benzene rings is 2. The third-order valence-corrected chi connectivity index (χ3v) is 3.97. The van der Waals surface area contributed by atoms with Gasteiger partial charge in [-0.15, -0.1) is 0 Å². The fourth-order valence-corrected chi connectivity index (χ4v) is 2.53. The van der Waals surface area contributed by atoms with E-state index in [4.69, 9.17) is 27.7 Å². The maximum absolute atomic E-state index is 13.1. The molecule has 0 spiro atoms. The smallest absolute Gasteiger partial charge is 0.227 e. The third-order valence-electron chi connectivity index (χ3n) is 3.35. The van der Waals surface area contributed by atoms with Crippen LogP contribution in [0.15, 0.2) is 47.0 Å². The van der Waals surface area contributed by atoms with Gasteiger partial charge in [-0.1, -0.05) is 40.5 Å². The third kappa shape index (κ3) is 4.35. The van der Waals surface area contributed by atoms with Gasteiger partial charge in [0.05, 0.1) is 10.0 Å². The van der Waals surface area contributed by atoms with E-state index in [0.29, 0.717) is 28.0 Å². The van der Waals surface area contributed by atoms with Gasteiger partial charge in [-0.2, -0.15) is 4.98 Å². The first-order chi connectivity index (χ1) is 12.0. The number of amides is 1. The highest BCUT2D eigenvalue weighted by molar-refractivity contribution is 6.33. The predicted octanol–water partition coefficient (Wildman–Crippen LogP) is 4.75. The molecule has 0 saturated carbocycles. The number of nitrogens with zero attached hydrogens (tertiary/aromatic N) is 2. The van der Waals surface area contributed by atoms with Gasteiger partial charge in [0.1, 0.15) is 5.82 Å². The van der Waals surface area contributed by atoms with Gasteiger partial charge in [0, 0.05) is 24.1 Å². The van der Waals surface area contributed by atoms with Crippen LogP contribution in [0.3, 0.4) is 0 Å². The zero-order chi connectivity index (χ0) is 17.8. The molecule has 1 N–H and O–H groups in total. The molecule has 0 saturated heterocycles. The van der Waals surface area contributed by atoms with Crippen LogP contribution in [0.25, 0.3) is 11.4 Å². The number of aromatic nitrogens is 2. The zero-order valence-electron chi connectivity index (χ0n) is 12.8.